The molecule has 0 radical (unpaired) electrons. The molecule has 3 aromatic rings. The summed E-state index contributed by atoms with van der Waals surface area (Å²) in [5.41, 5.74) is 2.31. The molecule has 6 heteroatoms. The molecule has 0 spiro atoms. The highest BCUT2D eigenvalue weighted by Gasteiger charge is 2.10. The fraction of sp³-hybridized carbons (Fsp3) is 0.0833. The third-order valence-electron chi connectivity index (χ3n) is 4.28. The van der Waals surface area contributed by atoms with Crippen LogP contribution >= 0.6 is 11.6 Å². The molecule has 0 saturated carbocycles. The Hall–Kier alpha value is -3.75. The van der Waals surface area contributed by atoms with Gasteiger partial charge in [0.25, 0.3) is 0 Å². The van der Waals surface area contributed by atoms with E-state index in [9.17, 15) is 10.1 Å². The number of carbonyl (C=O) groups excluding carboxylic acids is 1. The molecule has 0 amide bonds. The number of rotatable bonds is 6. The van der Waals surface area contributed by atoms with Crippen molar-refractivity contribution >= 4 is 29.2 Å². The number of esters is 1. The third kappa shape index (κ3) is 4.99. The van der Waals surface area contributed by atoms with E-state index in [1.165, 1.54) is 0 Å². The molecule has 5 nitrogen and oxygen atoms in total. The van der Waals surface area contributed by atoms with Crippen molar-refractivity contribution in [1.29, 1.82) is 5.26 Å². The van der Waals surface area contributed by atoms with Crippen LogP contribution in [0.3, 0.4) is 0 Å². The van der Waals surface area contributed by atoms with Gasteiger partial charge in [0.1, 0.15) is 5.75 Å². The lowest BCUT2D eigenvalue weighted by Gasteiger charge is -2.09. The standard InChI is InChI=1S/C24H18ClNO4/c1-28-22-11-8-17(14-23(22)29-2)19(15-26)12-16-6-9-21(10-7-16)30-24(27)18-4-3-5-20(25)13-18/h3-14H,1-2H3/b19-12-. The van der Waals surface area contributed by atoms with Gasteiger partial charge in [0, 0.05) is 5.02 Å². The maximum atomic E-state index is 12.2. The predicted molar refractivity (Wildman–Crippen MR) is 116 cm³/mol. The van der Waals surface area contributed by atoms with Crippen molar-refractivity contribution in [2.45, 2.75) is 0 Å². The summed E-state index contributed by atoms with van der Waals surface area (Å²) < 4.78 is 15.9. The Bertz CT molecular complexity index is 1130. The number of hydrogen-bond acceptors (Lipinski definition) is 5. The molecule has 0 heterocycles. The zero-order valence-electron chi connectivity index (χ0n) is 16.4. The smallest absolute Gasteiger partial charge is 0.343 e. The lowest BCUT2D eigenvalue weighted by molar-refractivity contribution is 0.0734. The van der Waals surface area contributed by atoms with E-state index in [1.807, 2.05) is 0 Å². The number of hydrogen-bond donors (Lipinski definition) is 0. The molecule has 0 N–H and O–H groups in total. The maximum absolute atomic E-state index is 12.2. The summed E-state index contributed by atoms with van der Waals surface area (Å²) in [4.78, 5) is 12.2. The molecule has 0 aliphatic heterocycles. The molecule has 30 heavy (non-hydrogen) atoms. The molecular formula is C24H18ClNO4. The largest absolute Gasteiger partial charge is 0.493 e. The molecule has 0 unspecified atom stereocenters. The molecule has 3 aromatic carbocycles. The predicted octanol–water partition coefficient (Wildman–Crippen LogP) is 5.64. The van der Waals surface area contributed by atoms with E-state index >= 15 is 0 Å². The van der Waals surface area contributed by atoms with Crippen molar-refractivity contribution in [1.82, 2.24) is 0 Å². The molecule has 3 rings (SSSR count). The summed E-state index contributed by atoms with van der Waals surface area (Å²) in [6.45, 7) is 0. The van der Waals surface area contributed by atoms with Crippen molar-refractivity contribution in [3.8, 4) is 23.3 Å². The van der Waals surface area contributed by atoms with E-state index in [2.05, 4.69) is 6.07 Å². The first-order valence-corrected chi connectivity index (χ1v) is 9.34. The number of carbonyl (C=O) groups is 1. The van der Waals surface area contributed by atoms with Crippen molar-refractivity contribution in [3.05, 3.63) is 88.4 Å². The van der Waals surface area contributed by atoms with E-state index in [1.54, 1.807) is 87.0 Å². The number of allylic oxidation sites excluding steroid dienone is 1. The Kier molecular flexibility index (Phi) is 6.74. The second kappa shape index (κ2) is 9.64. The lowest BCUT2D eigenvalue weighted by Crippen LogP contribution is -2.08. The minimum absolute atomic E-state index is 0.367. The van der Waals surface area contributed by atoms with Crippen LogP contribution in [-0.4, -0.2) is 20.2 Å². The van der Waals surface area contributed by atoms with Gasteiger partial charge in [0.2, 0.25) is 0 Å². The van der Waals surface area contributed by atoms with Crippen LogP contribution in [0.15, 0.2) is 66.7 Å². The van der Waals surface area contributed by atoms with Crippen LogP contribution in [-0.2, 0) is 0 Å². The van der Waals surface area contributed by atoms with Gasteiger partial charge in [-0.2, -0.15) is 5.26 Å². The highest BCUT2D eigenvalue weighted by atomic mass is 35.5. The van der Waals surface area contributed by atoms with Gasteiger partial charge in [-0.3, -0.25) is 0 Å². The summed E-state index contributed by atoms with van der Waals surface area (Å²) in [7, 11) is 3.10. The van der Waals surface area contributed by atoms with E-state index in [4.69, 9.17) is 25.8 Å². The van der Waals surface area contributed by atoms with Gasteiger partial charge < -0.3 is 14.2 Å². The van der Waals surface area contributed by atoms with Crippen molar-refractivity contribution in [3.63, 3.8) is 0 Å². The van der Waals surface area contributed by atoms with E-state index in [-0.39, 0.29) is 0 Å². The Balaban J connectivity index is 1.79. The molecule has 0 fully saturated rings. The van der Waals surface area contributed by atoms with Crippen LogP contribution in [0.4, 0.5) is 0 Å². The summed E-state index contributed by atoms with van der Waals surface area (Å²) >= 11 is 5.91. The summed E-state index contributed by atoms with van der Waals surface area (Å²) in [6.07, 6.45) is 1.74. The summed E-state index contributed by atoms with van der Waals surface area (Å²) in [5.74, 6) is 1.02. The monoisotopic (exact) mass is 419 g/mol. The minimum atomic E-state index is -0.496. The van der Waals surface area contributed by atoms with Crippen molar-refractivity contribution in [2.24, 2.45) is 0 Å². The molecule has 0 saturated heterocycles. The molecule has 0 aromatic heterocycles. The summed E-state index contributed by atoms with van der Waals surface area (Å²) in [6, 6.07) is 20.9. The molecule has 150 valence electrons. The van der Waals surface area contributed by atoms with Crippen LogP contribution < -0.4 is 14.2 Å². The first kappa shape index (κ1) is 21.0. The zero-order chi connectivity index (χ0) is 21.5. The van der Waals surface area contributed by atoms with Gasteiger partial charge in [-0.15, -0.1) is 0 Å². The Morgan fingerprint density at radius 3 is 2.30 bits per heavy atom. The number of halogens is 1. The average molecular weight is 420 g/mol. The maximum Gasteiger partial charge on any atom is 0.343 e. The van der Waals surface area contributed by atoms with E-state index in [0.29, 0.717) is 39.0 Å². The SMILES string of the molecule is COc1ccc(/C(C#N)=C\c2ccc(OC(=O)c3cccc(Cl)c3)cc2)cc1OC. The topological polar surface area (TPSA) is 68.5 Å². The molecule has 0 aliphatic carbocycles. The quantitative estimate of drug-likeness (QED) is 0.224. The minimum Gasteiger partial charge on any atom is -0.493 e. The number of benzene rings is 3. The van der Waals surface area contributed by atoms with Crippen LogP contribution in [0.5, 0.6) is 17.2 Å². The number of nitrogens with zero attached hydrogens (tertiary/aromatic N) is 1. The lowest BCUT2D eigenvalue weighted by atomic mass is 10.0. The van der Waals surface area contributed by atoms with Crippen LogP contribution in [0.2, 0.25) is 5.02 Å². The number of ether oxygens (including phenoxy) is 3. The fourth-order valence-electron chi connectivity index (χ4n) is 2.76. The normalized spacial score (nSPS) is 10.8. The van der Waals surface area contributed by atoms with Gasteiger partial charge in [0.15, 0.2) is 11.5 Å². The van der Waals surface area contributed by atoms with Crippen LogP contribution in [0.1, 0.15) is 21.5 Å². The van der Waals surface area contributed by atoms with E-state index in [0.717, 1.165) is 5.56 Å². The Morgan fingerprint density at radius 1 is 0.933 bits per heavy atom. The van der Waals surface area contributed by atoms with Gasteiger partial charge in [-0.1, -0.05) is 29.8 Å². The second-order valence-electron chi connectivity index (χ2n) is 6.21. The van der Waals surface area contributed by atoms with Crippen LogP contribution in [0, 0.1) is 11.3 Å². The highest BCUT2D eigenvalue weighted by molar-refractivity contribution is 6.30. The summed E-state index contributed by atoms with van der Waals surface area (Å²) in [5, 5.41) is 10.0. The number of methoxy groups -OCH3 is 2. The Morgan fingerprint density at radius 2 is 1.67 bits per heavy atom. The van der Waals surface area contributed by atoms with Crippen molar-refractivity contribution in [2.75, 3.05) is 14.2 Å². The molecule has 0 bridgehead atoms. The van der Waals surface area contributed by atoms with Gasteiger partial charge in [-0.05, 0) is 65.7 Å². The third-order valence-corrected chi connectivity index (χ3v) is 4.51. The van der Waals surface area contributed by atoms with Crippen molar-refractivity contribution < 1.29 is 19.0 Å². The number of nitriles is 1. The second-order valence-corrected chi connectivity index (χ2v) is 6.64. The van der Waals surface area contributed by atoms with Gasteiger partial charge >= 0.3 is 5.97 Å². The molecular weight excluding hydrogens is 402 g/mol. The Labute approximate surface area is 179 Å². The molecule has 0 atom stereocenters. The average Bonchev–Trinajstić information content (AvgIpc) is 2.78. The first-order valence-electron chi connectivity index (χ1n) is 8.96. The van der Waals surface area contributed by atoms with Crippen LogP contribution in [0.25, 0.3) is 11.6 Å². The first-order chi connectivity index (χ1) is 14.5. The van der Waals surface area contributed by atoms with E-state index < -0.39 is 5.97 Å². The fourth-order valence-corrected chi connectivity index (χ4v) is 2.95. The zero-order valence-corrected chi connectivity index (χ0v) is 17.1. The highest BCUT2D eigenvalue weighted by Crippen LogP contribution is 2.31. The molecule has 0 aliphatic rings. The van der Waals surface area contributed by atoms with Gasteiger partial charge in [0.05, 0.1) is 31.4 Å². The van der Waals surface area contributed by atoms with Gasteiger partial charge in [-0.25, -0.2) is 4.79 Å².